The van der Waals surface area contributed by atoms with Gasteiger partial charge in [0.2, 0.25) is 0 Å². The largest absolute Gasteiger partial charge is 0.369 e. The van der Waals surface area contributed by atoms with Crippen molar-refractivity contribution >= 4 is 29.0 Å². The van der Waals surface area contributed by atoms with Crippen molar-refractivity contribution in [1.29, 1.82) is 5.26 Å². The number of aromatic nitrogens is 2. The molecular weight excluding hydrogens is 452 g/mol. The molecule has 5 rings (SSSR count). The predicted octanol–water partition coefficient (Wildman–Crippen LogP) is 4.47. The number of pyridine rings is 1. The van der Waals surface area contributed by atoms with Gasteiger partial charge in [-0.2, -0.15) is 14.0 Å². The Morgan fingerprint density at radius 3 is 2.60 bits per heavy atom. The Morgan fingerprint density at radius 1 is 1.26 bits per heavy atom. The van der Waals surface area contributed by atoms with Crippen molar-refractivity contribution in [2.75, 3.05) is 25.0 Å². The number of alkyl halides is 2. The van der Waals surface area contributed by atoms with Gasteiger partial charge in [-0.1, -0.05) is 24.3 Å². The lowest BCUT2D eigenvalue weighted by molar-refractivity contribution is -0.160. The summed E-state index contributed by atoms with van der Waals surface area (Å²) >= 11 is 0. The van der Waals surface area contributed by atoms with E-state index in [-0.39, 0.29) is 30.0 Å². The molecule has 0 atom stereocenters. The Balaban J connectivity index is 1.37. The Morgan fingerprint density at radius 2 is 1.97 bits per heavy atom. The SMILES string of the molecule is N#CC1CCN(C(=O)C(F)(F)c2ccc(-c3cc(NCC4(C=O)CC4)nc4[nH]ccc34)cc2)CC1. The second-order valence-corrected chi connectivity index (χ2v) is 9.48. The number of aromatic amines is 1. The summed E-state index contributed by atoms with van der Waals surface area (Å²) in [5, 5.41) is 13.1. The van der Waals surface area contributed by atoms with Crippen LogP contribution < -0.4 is 5.32 Å². The monoisotopic (exact) mass is 477 g/mol. The number of halogens is 2. The van der Waals surface area contributed by atoms with Gasteiger partial charge in [0.05, 0.1) is 6.07 Å². The molecular formula is C26H25F2N5O2. The minimum absolute atomic E-state index is 0.161. The molecule has 2 N–H and O–H groups in total. The van der Waals surface area contributed by atoms with Crippen LogP contribution in [0.3, 0.4) is 0 Å². The third kappa shape index (κ3) is 4.36. The summed E-state index contributed by atoms with van der Waals surface area (Å²) in [7, 11) is 0. The fourth-order valence-electron chi connectivity index (χ4n) is 4.52. The quantitative estimate of drug-likeness (QED) is 0.489. The van der Waals surface area contributed by atoms with E-state index in [4.69, 9.17) is 5.26 Å². The number of nitriles is 1. The van der Waals surface area contributed by atoms with Crippen LogP contribution in [0.4, 0.5) is 14.6 Å². The number of likely N-dealkylation sites (tertiary alicyclic amines) is 1. The number of amides is 1. The third-order valence-electron chi connectivity index (χ3n) is 7.08. The smallest absolute Gasteiger partial charge is 0.349 e. The van der Waals surface area contributed by atoms with E-state index in [1.807, 2.05) is 12.1 Å². The van der Waals surface area contributed by atoms with Gasteiger partial charge in [0.15, 0.2) is 0 Å². The van der Waals surface area contributed by atoms with Crippen molar-refractivity contribution in [3.05, 3.63) is 48.2 Å². The van der Waals surface area contributed by atoms with Gasteiger partial charge >= 0.3 is 5.92 Å². The number of anilines is 1. The minimum Gasteiger partial charge on any atom is -0.369 e. The first-order chi connectivity index (χ1) is 16.8. The van der Waals surface area contributed by atoms with E-state index in [0.717, 1.165) is 35.0 Å². The molecule has 9 heteroatoms. The standard InChI is InChI=1S/C26H25F2N5O2/c27-26(28,24(35)33-11-6-17(14-29)7-12-33)19-3-1-18(2-4-19)21-13-22(31-15-25(16-34)8-9-25)32-23-20(21)5-10-30-23/h1-5,10,13,16-17H,6-9,11-12,15H2,(H2,30,31,32). The zero-order valence-corrected chi connectivity index (χ0v) is 19.1. The molecule has 1 aromatic carbocycles. The van der Waals surface area contributed by atoms with E-state index < -0.39 is 11.8 Å². The first-order valence-corrected chi connectivity index (χ1v) is 11.7. The number of hydrogen-bond donors (Lipinski definition) is 2. The van der Waals surface area contributed by atoms with Gasteiger partial charge < -0.3 is 20.0 Å². The predicted molar refractivity (Wildman–Crippen MR) is 127 cm³/mol. The number of piperidine rings is 1. The van der Waals surface area contributed by atoms with Gasteiger partial charge in [-0.25, -0.2) is 4.98 Å². The Kier molecular flexibility index (Phi) is 5.75. The number of H-pyrrole nitrogens is 1. The molecule has 3 aromatic rings. The average molecular weight is 478 g/mol. The number of hydrogen-bond acceptors (Lipinski definition) is 5. The number of rotatable bonds is 7. The topological polar surface area (TPSA) is 102 Å². The van der Waals surface area contributed by atoms with Gasteiger partial charge in [-0.15, -0.1) is 0 Å². The number of carbonyl (C=O) groups excluding carboxylic acids is 2. The van der Waals surface area contributed by atoms with E-state index in [9.17, 15) is 9.59 Å². The lowest BCUT2D eigenvalue weighted by atomic mass is 9.96. The lowest BCUT2D eigenvalue weighted by Crippen LogP contribution is -2.45. The van der Waals surface area contributed by atoms with Gasteiger partial charge in [0.1, 0.15) is 17.8 Å². The Labute approximate surface area is 201 Å². The number of carbonyl (C=O) groups is 2. The zero-order chi connectivity index (χ0) is 24.6. The highest BCUT2D eigenvalue weighted by atomic mass is 19.3. The number of aldehydes is 1. The van der Waals surface area contributed by atoms with E-state index in [1.165, 1.54) is 12.1 Å². The number of benzene rings is 1. The molecule has 7 nitrogen and oxygen atoms in total. The van der Waals surface area contributed by atoms with Crippen LogP contribution in [-0.2, 0) is 15.5 Å². The van der Waals surface area contributed by atoms with E-state index in [0.29, 0.717) is 36.4 Å². The van der Waals surface area contributed by atoms with E-state index in [2.05, 4.69) is 21.4 Å². The highest BCUT2D eigenvalue weighted by Gasteiger charge is 2.45. The Bertz CT molecular complexity index is 1300. The normalized spacial score (nSPS) is 17.7. The fourth-order valence-corrected chi connectivity index (χ4v) is 4.52. The summed E-state index contributed by atoms with van der Waals surface area (Å²) in [5.41, 5.74) is 1.46. The molecule has 1 saturated carbocycles. The van der Waals surface area contributed by atoms with Crippen LogP contribution in [0, 0.1) is 22.7 Å². The summed E-state index contributed by atoms with van der Waals surface area (Å²) in [5.74, 6) is -4.48. The molecule has 180 valence electrons. The highest BCUT2D eigenvalue weighted by Crippen LogP contribution is 2.43. The maximum Gasteiger partial charge on any atom is 0.349 e. The summed E-state index contributed by atoms with van der Waals surface area (Å²) in [6.45, 7) is 0.816. The second kappa shape index (κ2) is 8.77. The molecule has 1 amide bonds. The number of nitrogens with one attached hydrogen (secondary N) is 2. The molecule has 0 bridgehead atoms. The maximum atomic E-state index is 15.1. The summed E-state index contributed by atoms with van der Waals surface area (Å²) in [4.78, 5) is 32.7. The van der Waals surface area contributed by atoms with E-state index >= 15 is 8.78 Å². The van der Waals surface area contributed by atoms with E-state index in [1.54, 1.807) is 18.3 Å². The first-order valence-electron chi connectivity index (χ1n) is 11.7. The van der Waals surface area contributed by atoms with Crippen molar-refractivity contribution in [2.24, 2.45) is 11.3 Å². The van der Waals surface area contributed by atoms with Crippen LogP contribution in [0.1, 0.15) is 31.2 Å². The molecule has 3 heterocycles. The third-order valence-corrected chi connectivity index (χ3v) is 7.08. The number of nitrogens with zero attached hydrogens (tertiary/aromatic N) is 3. The average Bonchev–Trinajstić information content (AvgIpc) is 3.53. The maximum absolute atomic E-state index is 15.1. The molecule has 2 aliphatic rings. The fraction of sp³-hybridized carbons (Fsp3) is 0.385. The molecule has 1 saturated heterocycles. The molecule has 35 heavy (non-hydrogen) atoms. The molecule has 2 fully saturated rings. The van der Waals surface area contributed by atoms with Crippen molar-refractivity contribution in [3.8, 4) is 17.2 Å². The van der Waals surface area contributed by atoms with Gasteiger partial charge in [0, 0.05) is 48.1 Å². The second-order valence-electron chi connectivity index (χ2n) is 9.48. The van der Waals surface area contributed by atoms with Crippen molar-refractivity contribution in [2.45, 2.75) is 31.6 Å². The van der Waals surface area contributed by atoms with Gasteiger partial charge in [-0.05, 0) is 48.9 Å². The van der Waals surface area contributed by atoms with Crippen LogP contribution in [0.25, 0.3) is 22.2 Å². The van der Waals surface area contributed by atoms with Gasteiger partial charge in [-0.3, -0.25) is 4.79 Å². The van der Waals surface area contributed by atoms with Crippen molar-refractivity contribution in [1.82, 2.24) is 14.9 Å². The molecule has 0 unspecified atom stereocenters. The van der Waals surface area contributed by atoms with Crippen molar-refractivity contribution < 1.29 is 18.4 Å². The van der Waals surface area contributed by atoms with Crippen LogP contribution in [0.15, 0.2) is 42.6 Å². The molecule has 0 radical (unpaired) electrons. The van der Waals surface area contributed by atoms with Gasteiger partial charge in [0.25, 0.3) is 5.91 Å². The number of fused-ring (bicyclic) bond motifs is 1. The van der Waals surface area contributed by atoms with Crippen molar-refractivity contribution in [3.63, 3.8) is 0 Å². The highest BCUT2D eigenvalue weighted by molar-refractivity contribution is 5.95. The summed E-state index contributed by atoms with van der Waals surface area (Å²) in [6.07, 6.45) is 5.28. The zero-order valence-electron chi connectivity index (χ0n) is 19.1. The molecule has 0 spiro atoms. The first kappa shape index (κ1) is 23.0. The molecule has 1 aliphatic heterocycles. The molecule has 2 aromatic heterocycles. The summed E-state index contributed by atoms with van der Waals surface area (Å²) < 4.78 is 30.1. The van der Waals surface area contributed by atoms with Crippen LogP contribution in [0.2, 0.25) is 0 Å². The van der Waals surface area contributed by atoms with Crippen LogP contribution in [-0.4, -0.2) is 46.7 Å². The van der Waals surface area contributed by atoms with Crippen LogP contribution >= 0.6 is 0 Å². The minimum atomic E-state index is -3.65. The summed E-state index contributed by atoms with van der Waals surface area (Å²) in [6, 6.07) is 11.6. The Hall–Kier alpha value is -3.80. The molecule has 1 aliphatic carbocycles. The van der Waals surface area contributed by atoms with Crippen LogP contribution in [0.5, 0.6) is 0 Å². The lowest BCUT2D eigenvalue weighted by Gasteiger charge is -2.32.